The topological polar surface area (TPSA) is 66.0 Å². The zero-order valence-electron chi connectivity index (χ0n) is 16.5. The molecule has 0 aromatic carbocycles. The summed E-state index contributed by atoms with van der Waals surface area (Å²) in [6, 6.07) is 0.258. The van der Waals surface area contributed by atoms with Gasteiger partial charge in [-0.15, -0.1) is 0 Å². The molecule has 0 spiro atoms. The van der Waals surface area contributed by atoms with Crippen LogP contribution in [0.4, 0.5) is 18.0 Å². The lowest BCUT2D eigenvalue weighted by molar-refractivity contribution is -0.132. The van der Waals surface area contributed by atoms with Crippen molar-refractivity contribution in [2.45, 2.75) is 89.7 Å². The van der Waals surface area contributed by atoms with E-state index >= 15 is 0 Å². The molecule has 2 bridgehead atoms. The largest absolute Gasteiger partial charge is 0.444 e. The van der Waals surface area contributed by atoms with E-state index in [0.29, 0.717) is 12.5 Å². The molecule has 156 valence electrons. The van der Waals surface area contributed by atoms with Crippen LogP contribution in [0.2, 0.25) is 0 Å². The molecule has 2 N–H and O–H groups in total. The Labute approximate surface area is 158 Å². The smallest absolute Gasteiger partial charge is 0.410 e. The quantitative estimate of drug-likeness (QED) is 0.568. The highest BCUT2D eigenvalue weighted by molar-refractivity contribution is 5.80. The second kappa shape index (κ2) is 8.56. The predicted octanol–water partition coefficient (Wildman–Crippen LogP) is 3.42. The van der Waals surface area contributed by atoms with Gasteiger partial charge in [-0.05, 0) is 53.4 Å². The SMILES string of the molecule is CCNC(=NCCC(F)(F)F)NC1CC2CCC(C1)N2C(=O)OC(C)(C)C. The maximum atomic E-state index is 12.5. The Bertz CT molecular complexity index is 532. The summed E-state index contributed by atoms with van der Waals surface area (Å²) in [5.74, 6) is 0.400. The van der Waals surface area contributed by atoms with Crippen molar-refractivity contribution in [1.29, 1.82) is 0 Å². The van der Waals surface area contributed by atoms with E-state index in [1.165, 1.54) is 0 Å². The molecule has 0 aromatic heterocycles. The molecule has 0 radical (unpaired) electrons. The zero-order chi connectivity index (χ0) is 20.2. The first kappa shape index (κ1) is 21.6. The number of carbonyl (C=O) groups excluding carboxylic acids is 1. The lowest BCUT2D eigenvalue weighted by atomic mass is 9.98. The Kier molecular flexibility index (Phi) is 6.86. The second-order valence-electron chi connectivity index (χ2n) is 8.21. The molecule has 2 heterocycles. The van der Waals surface area contributed by atoms with Crippen molar-refractivity contribution in [1.82, 2.24) is 15.5 Å². The number of carbonyl (C=O) groups is 1. The maximum Gasteiger partial charge on any atom is 0.410 e. The molecule has 2 fully saturated rings. The molecule has 0 aliphatic carbocycles. The zero-order valence-corrected chi connectivity index (χ0v) is 16.5. The van der Waals surface area contributed by atoms with Crippen molar-refractivity contribution in [3.8, 4) is 0 Å². The van der Waals surface area contributed by atoms with Gasteiger partial charge in [0.25, 0.3) is 0 Å². The van der Waals surface area contributed by atoms with Crippen LogP contribution in [-0.4, -0.2) is 59.9 Å². The van der Waals surface area contributed by atoms with Gasteiger partial charge in [-0.2, -0.15) is 13.2 Å². The van der Waals surface area contributed by atoms with Gasteiger partial charge in [0.05, 0.1) is 13.0 Å². The summed E-state index contributed by atoms with van der Waals surface area (Å²) in [6.07, 6.45) is -2.11. The lowest BCUT2D eigenvalue weighted by Crippen LogP contribution is -2.55. The third-order valence-electron chi connectivity index (χ3n) is 4.69. The average Bonchev–Trinajstić information content (AvgIpc) is 2.76. The second-order valence-corrected chi connectivity index (χ2v) is 8.21. The molecule has 1 amide bonds. The third-order valence-corrected chi connectivity index (χ3v) is 4.69. The average molecular weight is 392 g/mol. The highest BCUT2D eigenvalue weighted by atomic mass is 19.4. The number of halogens is 3. The highest BCUT2D eigenvalue weighted by Gasteiger charge is 2.45. The van der Waals surface area contributed by atoms with Crippen molar-refractivity contribution in [2.75, 3.05) is 13.1 Å². The summed E-state index contributed by atoms with van der Waals surface area (Å²) in [4.78, 5) is 18.4. The van der Waals surface area contributed by atoms with Crippen LogP contribution in [0.25, 0.3) is 0 Å². The Balaban J connectivity index is 1.94. The fourth-order valence-corrected chi connectivity index (χ4v) is 3.72. The van der Waals surface area contributed by atoms with Gasteiger partial charge in [-0.1, -0.05) is 0 Å². The molecule has 2 atom stereocenters. The number of nitrogens with zero attached hydrogens (tertiary/aromatic N) is 2. The molecule has 2 saturated heterocycles. The Morgan fingerprint density at radius 3 is 2.26 bits per heavy atom. The minimum Gasteiger partial charge on any atom is -0.444 e. The summed E-state index contributed by atoms with van der Waals surface area (Å²) in [6.45, 7) is 7.68. The van der Waals surface area contributed by atoms with E-state index in [0.717, 1.165) is 25.7 Å². The summed E-state index contributed by atoms with van der Waals surface area (Å²) in [5.41, 5.74) is -0.533. The molecule has 6 nitrogen and oxygen atoms in total. The number of guanidine groups is 1. The van der Waals surface area contributed by atoms with Gasteiger partial charge in [0.2, 0.25) is 0 Å². The number of ether oxygens (including phenoxy) is 1. The fourth-order valence-electron chi connectivity index (χ4n) is 3.72. The predicted molar refractivity (Wildman–Crippen MR) is 97.7 cm³/mol. The van der Waals surface area contributed by atoms with Crippen LogP contribution >= 0.6 is 0 Å². The summed E-state index contributed by atoms with van der Waals surface area (Å²) < 4.78 is 42.5. The van der Waals surface area contributed by atoms with Crippen molar-refractivity contribution in [3.63, 3.8) is 0 Å². The minimum atomic E-state index is -4.21. The summed E-state index contributed by atoms with van der Waals surface area (Å²) >= 11 is 0. The summed E-state index contributed by atoms with van der Waals surface area (Å²) in [5, 5.41) is 6.24. The first-order valence-electron chi connectivity index (χ1n) is 9.61. The Hall–Kier alpha value is -1.67. The molecule has 0 saturated carbocycles. The van der Waals surface area contributed by atoms with Crippen LogP contribution in [-0.2, 0) is 4.74 Å². The molecule has 2 aliphatic heterocycles. The number of amides is 1. The Morgan fingerprint density at radius 2 is 1.78 bits per heavy atom. The normalized spacial score (nSPS) is 26.1. The van der Waals surface area contributed by atoms with Crippen LogP contribution in [0.1, 0.15) is 59.8 Å². The van der Waals surface area contributed by atoms with Gasteiger partial charge in [-0.3, -0.25) is 4.99 Å². The standard InChI is InChI=1S/C18H31F3N4O2/c1-5-22-15(23-9-8-18(19,20)21)24-12-10-13-6-7-14(11-12)25(13)16(26)27-17(2,3)4/h12-14H,5-11H2,1-4H3,(H2,22,23,24). The van der Waals surface area contributed by atoms with Crippen molar-refractivity contribution in [2.24, 2.45) is 4.99 Å². The van der Waals surface area contributed by atoms with Crippen molar-refractivity contribution in [3.05, 3.63) is 0 Å². The van der Waals surface area contributed by atoms with E-state index in [1.807, 2.05) is 32.6 Å². The van der Waals surface area contributed by atoms with E-state index in [-0.39, 0.29) is 30.8 Å². The van der Waals surface area contributed by atoms with Gasteiger partial charge >= 0.3 is 12.3 Å². The van der Waals surface area contributed by atoms with Gasteiger partial charge in [-0.25, -0.2) is 4.79 Å². The van der Waals surface area contributed by atoms with E-state index in [2.05, 4.69) is 15.6 Å². The Morgan fingerprint density at radius 1 is 1.19 bits per heavy atom. The number of rotatable bonds is 4. The van der Waals surface area contributed by atoms with Gasteiger partial charge in [0.1, 0.15) is 5.60 Å². The van der Waals surface area contributed by atoms with E-state index in [1.54, 1.807) is 0 Å². The number of hydrogen-bond acceptors (Lipinski definition) is 3. The highest BCUT2D eigenvalue weighted by Crippen LogP contribution is 2.36. The molecule has 9 heteroatoms. The molecule has 2 unspecified atom stereocenters. The monoisotopic (exact) mass is 392 g/mol. The lowest BCUT2D eigenvalue weighted by Gasteiger charge is -2.40. The molecular formula is C18H31F3N4O2. The molecule has 2 aliphatic rings. The van der Waals surface area contributed by atoms with Gasteiger partial charge in [0, 0.05) is 24.7 Å². The molecule has 0 aromatic rings. The van der Waals surface area contributed by atoms with Crippen LogP contribution in [0.3, 0.4) is 0 Å². The molecular weight excluding hydrogens is 361 g/mol. The van der Waals surface area contributed by atoms with Gasteiger partial charge in [0.15, 0.2) is 5.96 Å². The maximum absolute atomic E-state index is 12.5. The number of piperidine rings is 1. The van der Waals surface area contributed by atoms with Crippen molar-refractivity contribution < 1.29 is 22.7 Å². The number of hydrogen-bond donors (Lipinski definition) is 2. The number of aliphatic imine (C=N–C) groups is 1. The van der Waals surface area contributed by atoms with E-state index in [4.69, 9.17) is 4.74 Å². The van der Waals surface area contributed by atoms with Crippen LogP contribution < -0.4 is 10.6 Å². The first-order chi connectivity index (χ1) is 12.5. The van der Waals surface area contributed by atoms with E-state index < -0.39 is 18.2 Å². The first-order valence-corrected chi connectivity index (χ1v) is 9.61. The minimum absolute atomic E-state index is 0.0740. The third kappa shape index (κ3) is 6.77. The summed E-state index contributed by atoms with van der Waals surface area (Å²) in [7, 11) is 0. The number of alkyl halides is 3. The molecule has 2 rings (SSSR count). The van der Waals surface area contributed by atoms with Gasteiger partial charge < -0.3 is 20.3 Å². The fraction of sp³-hybridized carbons (Fsp3) is 0.889. The van der Waals surface area contributed by atoms with Crippen molar-refractivity contribution >= 4 is 12.1 Å². The molecule has 27 heavy (non-hydrogen) atoms. The van der Waals surface area contributed by atoms with Crippen LogP contribution in [0.5, 0.6) is 0 Å². The van der Waals surface area contributed by atoms with E-state index in [9.17, 15) is 18.0 Å². The number of fused-ring (bicyclic) bond motifs is 2. The number of nitrogens with one attached hydrogen (secondary N) is 2. The van der Waals surface area contributed by atoms with Crippen LogP contribution in [0.15, 0.2) is 4.99 Å². The van der Waals surface area contributed by atoms with Crippen LogP contribution in [0, 0.1) is 0 Å².